The van der Waals surface area contributed by atoms with Crippen molar-refractivity contribution in [2.45, 2.75) is 12.8 Å². The second-order valence-electron chi connectivity index (χ2n) is 8.47. The number of rotatable bonds is 10. The monoisotopic (exact) mass is 497 g/mol. The van der Waals surface area contributed by atoms with Crippen LogP contribution in [-0.2, 0) is 0 Å². The molecule has 1 fully saturated rings. The summed E-state index contributed by atoms with van der Waals surface area (Å²) in [6.45, 7) is 4.28. The van der Waals surface area contributed by atoms with Crippen LogP contribution in [0.25, 0.3) is 0 Å². The summed E-state index contributed by atoms with van der Waals surface area (Å²) < 4.78 is 10.9. The van der Waals surface area contributed by atoms with Gasteiger partial charge in [-0.2, -0.15) is 0 Å². The number of likely N-dealkylation sites (N-methyl/N-ethyl adjacent to an activating group) is 1. The summed E-state index contributed by atoms with van der Waals surface area (Å²) in [4.78, 5) is 13.3. The SMILES string of the molecule is COc1ccc(Nc2cc(Nc3cc(N)c(N(C)CCN4CCCC4)cc3OC)ncn2)cc1Cl. The number of anilines is 6. The Hall–Kier alpha value is -3.43. The van der Waals surface area contributed by atoms with E-state index in [0.29, 0.717) is 33.8 Å². The quantitative estimate of drug-likeness (QED) is 0.342. The number of aromatic nitrogens is 2. The van der Waals surface area contributed by atoms with Crippen molar-refractivity contribution in [3.05, 3.63) is 47.7 Å². The van der Waals surface area contributed by atoms with Crippen LogP contribution in [0, 0.1) is 0 Å². The third-order valence-corrected chi connectivity index (χ3v) is 6.36. The highest BCUT2D eigenvalue weighted by molar-refractivity contribution is 6.32. The Balaban J connectivity index is 1.47. The van der Waals surface area contributed by atoms with E-state index in [-0.39, 0.29) is 0 Å². The first-order chi connectivity index (χ1) is 17.0. The summed E-state index contributed by atoms with van der Waals surface area (Å²) in [6, 6.07) is 11.1. The maximum Gasteiger partial charge on any atom is 0.144 e. The first kappa shape index (κ1) is 24.7. The number of benzene rings is 2. The van der Waals surface area contributed by atoms with Crippen molar-refractivity contribution in [2.24, 2.45) is 0 Å². The predicted octanol–water partition coefficient (Wildman–Crippen LogP) is 4.75. The van der Waals surface area contributed by atoms with Crippen molar-refractivity contribution in [3.63, 3.8) is 0 Å². The van der Waals surface area contributed by atoms with Gasteiger partial charge in [0.05, 0.1) is 36.3 Å². The minimum Gasteiger partial charge on any atom is -0.495 e. The highest BCUT2D eigenvalue weighted by Gasteiger charge is 2.16. The van der Waals surface area contributed by atoms with Crippen LogP contribution in [0.2, 0.25) is 5.02 Å². The number of halogens is 1. The van der Waals surface area contributed by atoms with Gasteiger partial charge in [-0.25, -0.2) is 9.97 Å². The number of likely N-dealkylation sites (tertiary alicyclic amines) is 1. The van der Waals surface area contributed by atoms with Crippen LogP contribution in [0.15, 0.2) is 42.7 Å². The lowest BCUT2D eigenvalue weighted by Gasteiger charge is -2.25. The van der Waals surface area contributed by atoms with Crippen LogP contribution in [0.5, 0.6) is 11.5 Å². The summed E-state index contributed by atoms with van der Waals surface area (Å²) in [6.07, 6.45) is 4.05. The molecule has 0 unspecified atom stereocenters. The van der Waals surface area contributed by atoms with Crippen molar-refractivity contribution >= 4 is 46.0 Å². The average molecular weight is 498 g/mol. The van der Waals surface area contributed by atoms with E-state index in [1.165, 1.54) is 32.3 Å². The molecular formula is C25H32ClN7O2. The molecule has 3 aromatic rings. The summed E-state index contributed by atoms with van der Waals surface area (Å²) in [5.74, 6) is 2.48. The predicted molar refractivity (Wildman–Crippen MR) is 143 cm³/mol. The number of ether oxygens (including phenoxy) is 2. The molecule has 0 bridgehead atoms. The first-order valence-electron chi connectivity index (χ1n) is 11.6. The largest absolute Gasteiger partial charge is 0.495 e. The number of nitrogen functional groups attached to an aromatic ring is 1. The molecular weight excluding hydrogens is 466 g/mol. The lowest BCUT2D eigenvalue weighted by Crippen LogP contribution is -2.31. The standard InChI is InChI=1S/C25H32ClN7O2/c1-32(10-11-33-8-4-5-9-33)21-14-23(35-3)20(13-19(21)27)31-25-15-24(28-16-29-25)30-17-6-7-22(34-2)18(26)12-17/h6-7,12-16H,4-5,8-11,27H2,1-3H3,(H2,28,29,30,31). The van der Waals surface area contributed by atoms with Crippen molar-refractivity contribution in [1.29, 1.82) is 0 Å². The molecule has 1 aliphatic rings. The van der Waals surface area contributed by atoms with E-state index in [4.69, 9.17) is 26.8 Å². The van der Waals surface area contributed by atoms with Gasteiger partial charge in [-0.1, -0.05) is 11.6 Å². The molecule has 1 aromatic heterocycles. The molecule has 0 spiro atoms. The van der Waals surface area contributed by atoms with Crippen LogP contribution in [0.1, 0.15) is 12.8 Å². The number of nitrogens with one attached hydrogen (secondary N) is 2. The fourth-order valence-corrected chi connectivity index (χ4v) is 4.38. The van der Waals surface area contributed by atoms with E-state index in [2.05, 4.69) is 37.4 Å². The Morgan fingerprint density at radius 3 is 2.40 bits per heavy atom. The highest BCUT2D eigenvalue weighted by atomic mass is 35.5. The smallest absolute Gasteiger partial charge is 0.144 e. The highest BCUT2D eigenvalue weighted by Crippen LogP contribution is 2.36. The van der Waals surface area contributed by atoms with Gasteiger partial charge in [0.25, 0.3) is 0 Å². The Morgan fingerprint density at radius 1 is 1.00 bits per heavy atom. The summed E-state index contributed by atoms with van der Waals surface area (Å²) in [7, 11) is 5.28. The van der Waals surface area contributed by atoms with E-state index in [0.717, 1.165) is 30.2 Å². The molecule has 2 heterocycles. The second-order valence-corrected chi connectivity index (χ2v) is 8.88. The molecule has 1 saturated heterocycles. The fraction of sp³-hybridized carbons (Fsp3) is 0.360. The van der Waals surface area contributed by atoms with Gasteiger partial charge in [0.15, 0.2) is 0 Å². The Kier molecular flexibility index (Phi) is 7.99. The molecule has 186 valence electrons. The van der Waals surface area contributed by atoms with E-state index >= 15 is 0 Å². The van der Waals surface area contributed by atoms with Gasteiger partial charge in [0.1, 0.15) is 29.5 Å². The minimum atomic E-state index is 0.510. The van der Waals surface area contributed by atoms with Gasteiger partial charge >= 0.3 is 0 Å². The molecule has 0 amide bonds. The lowest BCUT2D eigenvalue weighted by molar-refractivity contribution is 0.346. The number of nitrogens with zero attached hydrogens (tertiary/aromatic N) is 4. The second kappa shape index (κ2) is 11.3. The van der Waals surface area contributed by atoms with Crippen molar-refractivity contribution < 1.29 is 9.47 Å². The van der Waals surface area contributed by atoms with Gasteiger partial charge in [0, 0.05) is 38.0 Å². The van der Waals surface area contributed by atoms with Crippen molar-refractivity contribution in [1.82, 2.24) is 14.9 Å². The van der Waals surface area contributed by atoms with Gasteiger partial charge in [-0.05, 0) is 50.2 Å². The zero-order valence-corrected chi connectivity index (χ0v) is 21.1. The van der Waals surface area contributed by atoms with Gasteiger partial charge in [-0.3, -0.25) is 0 Å². The zero-order chi connectivity index (χ0) is 24.8. The first-order valence-corrected chi connectivity index (χ1v) is 11.9. The van der Waals surface area contributed by atoms with Gasteiger partial charge < -0.3 is 35.6 Å². The molecule has 10 heteroatoms. The molecule has 0 radical (unpaired) electrons. The molecule has 0 saturated carbocycles. The van der Waals surface area contributed by atoms with E-state index < -0.39 is 0 Å². The molecule has 0 aliphatic carbocycles. The Labute approximate surface area is 211 Å². The molecule has 0 atom stereocenters. The zero-order valence-electron chi connectivity index (χ0n) is 20.3. The van der Waals surface area contributed by atoms with E-state index in [9.17, 15) is 0 Å². The number of nitrogens with two attached hydrogens (primary N) is 1. The van der Waals surface area contributed by atoms with Gasteiger partial charge in [0.2, 0.25) is 0 Å². The molecule has 35 heavy (non-hydrogen) atoms. The fourth-order valence-electron chi connectivity index (χ4n) is 4.13. The van der Waals surface area contributed by atoms with Crippen LogP contribution in [0.3, 0.4) is 0 Å². The normalized spacial score (nSPS) is 13.5. The average Bonchev–Trinajstić information content (AvgIpc) is 3.37. The topological polar surface area (TPSA) is 101 Å². The van der Waals surface area contributed by atoms with Crippen LogP contribution >= 0.6 is 11.6 Å². The maximum atomic E-state index is 6.43. The third kappa shape index (κ3) is 6.17. The molecule has 2 aromatic carbocycles. The van der Waals surface area contributed by atoms with Crippen LogP contribution < -0.4 is 30.7 Å². The molecule has 9 nitrogen and oxygen atoms in total. The van der Waals surface area contributed by atoms with Crippen molar-refractivity contribution in [3.8, 4) is 11.5 Å². The Bertz CT molecular complexity index is 1150. The lowest BCUT2D eigenvalue weighted by atomic mass is 10.2. The number of hydrogen-bond donors (Lipinski definition) is 3. The van der Waals surface area contributed by atoms with E-state index in [1.54, 1.807) is 32.4 Å². The minimum absolute atomic E-state index is 0.510. The van der Waals surface area contributed by atoms with Gasteiger partial charge in [-0.15, -0.1) is 0 Å². The molecule has 1 aliphatic heterocycles. The molecule has 4 N–H and O–H groups in total. The summed E-state index contributed by atoms with van der Waals surface area (Å²) in [5.41, 5.74) is 9.54. The van der Waals surface area contributed by atoms with Crippen LogP contribution in [0.4, 0.5) is 34.4 Å². The molecule has 4 rings (SSSR count). The maximum absolute atomic E-state index is 6.43. The summed E-state index contributed by atoms with van der Waals surface area (Å²) in [5, 5.41) is 7.03. The Morgan fingerprint density at radius 2 is 1.71 bits per heavy atom. The van der Waals surface area contributed by atoms with E-state index in [1.807, 2.05) is 18.2 Å². The number of methoxy groups -OCH3 is 2. The van der Waals surface area contributed by atoms with Crippen LogP contribution in [-0.4, -0.2) is 62.3 Å². The third-order valence-electron chi connectivity index (χ3n) is 6.06. The van der Waals surface area contributed by atoms with Crippen molar-refractivity contribution in [2.75, 3.05) is 68.7 Å². The summed E-state index contributed by atoms with van der Waals surface area (Å²) >= 11 is 6.23. The number of hydrogen-bond acceptors (Lipinski definition) is 9.